The van der Waals surface area contributed by atoms with Crippen molar-refractivity contribution in [3.05, 3.63) is 63.1 Å². The molecule has 1 nitrogen and oxygen atoms in total. The van der Waals surface area contributed by atoms with Crippen molar-refractivity contribution in [3.63, 3.8) is 0 Å². The molecule has 1 atom stereocenters. The van der Waals surface area contributed by atoms with Crippen LogP contribution < -0.4 is 0 Å². The molecule has 1 aromatic carbocycles. The summed E-state index contributed by atoms with van der Waals surface area (Å²) in [6.45, 7) is 0. The molecule has 0 saturated carbocycles. The van der Waals surface area contributed by atoms with E-state index in [1.54, 1.807) is 24.5 Å². The molecule has 1 heterocycles. The van der Waals surface area contributed by atoms with Gasteiger partial charge >= 0.3 is 0 Å². The summed E-state index contributed by atoms with van der Waals surface area (Å²) in [6, 6.07) is 6.58. The summed E-state index contributed by atoms with van der Waals surface area (Å²) in [7, 11) is 0. The van der Waals surface area contributed by atoms with Crippen LogP contribution in [0, 0.1) is 5.82 Å². The van der Waals surface area contributed by atoms with Gasteiger partial charge in [0.2, 0.25) is 0 Å². The quantitative estimate of drug-likeness (QED) is 0.698. The van der Waals surface area contributed by atoms with Crippen LogP contribution in [0.1, 0.15) is 16.5 Å². The van der Waals surface area contributed by atoms with Crippen LogP contribution in [-0.4, -0.2) is 4.98 Å². The van der Waals surface area contributed by atoms with E-state index in [1.165, 1.54) is 6.07 Å². The minimum atomic E-state index is -0.301. The number of alkyl halides is 1. The Labute approximate surface area is 123 Å². The van der Waals surface area contributed by atoms with Crippen molar-refractivity contribution in [2.24, 2.45) is 0 Å². The van der Waals surface area contributed by atoms with Crippen molar-refractivity contribution in [2.75, 3.05) is 0 Å². The molecule has 94 valence electrons. The highest BCUT2D eigenvalue weighted by atomic mass is 79.9. The molecule has 0 spiro atoms. The number of aromatic nitrogens is 1. The Kier molecular flexibility index (Phi) is 4.60. The second-order valence-electron chi connectivity index (χ2n) is 3.81. The first-order chi connectivity index (χ1) is 8.58. The normalized spacial score (nSPS) is 12.4. The zero-order valence-electron chi connectivity index (χ0n) is 9.21. The van der Waals surface area contributed by atoms with Crippen molar-refractivity contribution in [1.82, 2.24) is 4.98 Å². The molecule has 0 saturated heterocycles. The van der Waals surface area contributed by atoms with Gasteiger partial charge in [-0.15, -0.1) is 11.6 Å². The first kappa shape index (κ1) is 13.8. The van der Waals surface area contributed by atoms with Crippen molar-refractivity contribution >= 4 is 39.1 Å². The molecule has 0 fully saturated rings. The van der Waals surface area contributed by atoms with Gasteiger partial charge in [-0.2, -0.15) is 0 Å². The molecule has 0 amide bonds. The van der Waals surface area contributed by atoms with Crippen LogP contribution in [0.4, 0.5) is 4.39 Å². The molecule has 2 rings (SSSR count). The van der Waals surface area contributed by atoms with E-state index in [9.17, 15) is 4.39 Å². The standard InChI is InChI=1S/C13H9BrCl2FN/c14-10-5-8(1-2-13(10)17)11(15)6-9-3-4-18-7-12(9)16/h1-5,7,11H,6H2. The Balaban J connectivity index is 2.19. The summed E-state index contributed by atoms with van der Waals surface area (Å²) in [5.74, 6) is -0.301. The van der Waals surface area contributed by atoms with Crippen molar-refractivity contribution < 1.29 is 4.39 Å². The Morgan fingerprint density at radius 3 is 2.78 bits per heavy atom. The third-order valence-electron chi connectivity index (χ3n) is 2.56. The van der Waals surface area contributed by atoms with E-state index < -0.39 is 0 Å². The number of nitrogens with zero attached hydrogens (tertiary/aromatic N) is 1. The van der Waals surface area contributed by atoms with Gasteiger partial charge < -0.3 is 0 Å². The van der Waals surface area contributed by atoms with Crippen molar-refractivity contribution in [2.45, 2.75) is 11.8 Å². The SMILES string of the molecule is Fc1ccc(C(Cl)Cc2ccncc2Cl)cc1Br. The molecule has 18 heavy (non-hydrogen) atoms. The molecule has 0 aliphatic rings. The first-order valence-corrected chi connectivity index (χ1v) is 6.86. The van der Waals surface area contributed by atoms with E-state index in [-0.39, 0.29) is 11.2 Å². The summed E-state index contributed by atoms with van der Waals surface area (Å²) in [5.41, 5.74) is 1.77. The predicted molar refractivity (Wildman–Crippen MR) is 75.6 cm³/mol. The van der Waals surface area contributed by atoms with Gasteiger partial charge in [-0.3, -0.25) is 4.98 Å². The van der Waals surface area contributed by atoms with Crippen LogP contribution in [-0.2, 0) is 6.42 Å². The van der Waals surface area contributed by atoms with Gasteiger partial charge in [-0.05, 0) is 51.7 Å². The molecule has 0 radical (unpaired) electrons. The van der Waals surface area contributed by atoms with E-state index in [2.05, 4.69) is 20.9 Å². The van der Waals surface area contributed by atoms with E-state index in [0.29, 0.717) is 15.9 Å². The number of rotatable bonds is 3. The average molecular weight is 349 g/mol. The van der Waals surface area contributed by atoms with Crippen LogP contribution in [0.2, 0.25) is 5.02 Å². The maximum atomic E-state index is 13.1. The molecule has 1 aromatic heterocycles. The first-order valence-electron chi connectivity index (χ1n) is 5.25. The number of hydrogen-bond donors (Lipinski definition) is 0. The molecule has 0 bridgehead atoms. The minimum Gasteiger partial charge on any atom is -0.263 e. The molecule has 5 heteroatoms. The Bertz CT molecular complexity index is 562. The number of hydrogen-bond acceptors (Lipinski definition) is 1. The lowest BCUT2D eigenvalue weighted by Crippen LogP contribution is -1.97. The number of benzene rings is 1. The maximum Gasteiger partial charge on any atom is 0.137 e. The molecule has 1 unspecified atom stereocenters. The van der Waals surface area contributed by atoms with Crippen molar-refractivity contribution in [3.8, 4) is 0 Å². The van der Waals surface area contributed by atoms with E-state index in [4.69, 9.17) is 23.2 Å². The van der Waals surface area contributed by atoms with Crippen LogP contribution >= 0.6 is 39.1 Å². The van der Waals surface area contributed by atoms with Gasteiger partial charge in [0.15, 0.2) is 0 Å². The fourth-order valence-electron chi connectivity index (χ4n) is 1.59. The number of pyridine rings is 1. The smallest absolute Gasteiger partial charge is 0.137 e. The summed E-state index contributed by atoms with van der Waals surface area (Å²) < 4.78 is 13.5. The molecule has 0 N–H and O–H groups in total. The maximum absolute atomic E-state index is 13.1. The highest BCUT2D eigenvalue weighted by Gasteiger charge is 2.12. The van der Waals surface area contributed by atoms with Crippen molar-refractivity contribution in [1.29, 1.82) is 0 Å². The largest absolute Gasteiger partial charge is 0.263 e. The molecular weight excluding hydrogens is 340 g/mol. The summed E-state index contributed by atoms with van der Waals surface area (Å²) in [5, 5.41) is 0.325. The van der Waals surface area contributed by atoms with Crippen LogP contribution in [0.15, 0.2) is 41.1 Å². The van der Waals surface area contributed by atoms with E-state index >= 15 is 0 Å². The zero-order valence-corrected chi connectivity index (χ0v) is 12.3. The van der Waals surface area contributed by atoms with Gasteiger partial charge in [-0.25, -0.2) is 4.39 Å². The molecule has 0 aliphatic carbocycles. The van der Waals surface area contributed by atoms with Crippen LogP contribution in [0.25, 0.3) is 0 Å². The number of halogens is 4. The summed E-state index contributed by atoms with van der Waals surface area (Å²) in [4.78, 5) is 3.92. The van der Waals surface area contributed by atoms with Gasteiger partial charge in [-0.1, -0.05) is 17.7 Å². The molecule has 0 aliphatic heterocycles. The topological polar surface area (TPSA) is 12.9 Å². The van der Waals surface area contributed by atoms with Gasteiger partial charge in [0.25, 0.3) is 0 Å². The van der Waals surface area contributed by atoms with Gasteiger partial charge in [0.1, 0.15) is 5.82 Å². The predicted octanol–water partition coefficient (Wildman–Crippen LogP) is 5.16. The minimum absolute atomic E-state index is 0.262. The second kappa shape index (κ2) is 6.00. The monoisotopic (exact) mass is 347 g/mol. The summed E-state index contributed by atoms with van der Waals surface area (Å²) in [6.07, 6.45) is 3.83. The van der Waals surface area contributed by atoms with E-state index in [0.717, 1.165) is 11.1 Å². The average Bonchev–Trinajstić information content (AvgIpc) is 2.35. The fourth-order valence-corrected chi connectivity index (χ4v) is 2.48. The zero-order chi connectivity index (χ0) is 13.1. The van der Waals surface area contributed by atoms with Gasteiger partial charge in [0, 0.05) is 12.4 Å². The third-order valence-corrected chi connectivity index (χ3v) is 3.92. The summed E-state index contributed by atoms with van der Waals surface area (Å²) >= 11 is 15.5. The lowest BCUT2D eigenvalue weighted by atomic mass is 10.0. The lowest BCUT2D eigenvalue weighted by Gasteiger charge is -2.11. The Morgan fingerprint density at radius 2 is 2.11 bits per heavy atom. The highest BCUT2D eigenvalue weighted by Crippen LogP contribution is 2.30. The van der Waals surface area contributed by atoms with Gasteiger partial charge in [0.05, 0.1) is 14.9 Å². The molecular formula is C13H9BrCl2FN. The van der Waals surface area contributed by atoms with Crippen LogP contribution in [0.3, 0.4) is 0 Å². The lowest BCUT2D eigenvalue weighted by molar-refractivity contribution is 0.620. The van der Waals surface area contributed by atoms with E-state index in [1.807, 2.05) is 6.07 Å². The highest BCUT2D eigenvalue weighted by molar-refractivity contribution is 9.10. The molecule has 2 aromatic rings. The second-order valence-corrected chi connectivity index (χ2v) is 5.60. The third kappa shape index (κ3) is 3.22. The Hall–Kier alpha value is -0.640. The Morgan fingerprint density at radius 1 is 1.33 bits per heavy atom. The van der Waals surface area contributed by atoms with Crippen LogP contribution in [0.5, 0.6) is 0 Å². The fraction of sp³-hybridized carbons (Fsp3) is 0.154.